The van der Waals surface area contributed by atoms with Crippen molar-refractivity contribution >= 4 is 6.03 Å². The summed E-state index contributed by atoms with van der Waals surface area (Å²) in [6, 6.07) is 0.0858. The molecule has 5 fully saturated rings. The molecule has 5 aliphatic rings. The van der Waals surface area contributed by atoms with E-state index in [0.717, 1.165) is 62.1 Å². The van der Waals surface area contributed by atoms with E-state index in [2.05, 4.69) is 20.3 Å². The van der Waals surface area contributed by atoms with Crippen molar-refractivity contribution in [3.05, 3.63) is 29.1 Å². The van der Waals surface area contributed by atoms with Crippen LogP contribution in [-0.2, 0) is 25.2 Å². The van der Waals surface area contributed by atoms with Crippen LogP contribution in [0, 0.1) is 16.7 Å². The monoisotopic (exact) mass is 505 g/mol. The van der Waals surface area contributed by atoms with Gasteiger partial charge in [-0.25, -0.2) is 9.78 Å². The number of nitrogens with zero attached hydrogens (tertiary/aromatic N) is 6. The van der Waals surface area contributed by atoms with Crippen LogP contribution in [0.15, 0.2) is 6.20 Å². The molecular weight excluding hydrogens is 475 g/mol. The van der Waals surface area contributed by atoms with E-state index in [1.165, 1.54) is 13.2 Å². The van der Waals surface area contributed by atoms with Gasteiger partial charge in [0.15, 0.2) is 5.82 Å². The molecule has 0 aromatic carbocycles. The first kappa shape index (κ1) is 22.6. The predicted octanol–water partition coefficient (Wildman–Crippen LogP) is 2.79. The Morgan fingerprint density at radius 3 is 2.31 bits per heavy atom. The lowest BCUT2D eigenvalue weighted by Crippen LogP contribution is -2.71. The quantitative estimate of drug-likeness (QED) is 0.665. The Kier molecular flexibility index (Phi) is 4.40. The zero-order valence-corrected chi connectivity index (χ0v) is 20.2. The predicted molar refractivity (Wildman–Crippen MR) is 120 cm³/mol. The maximum absolute atomic E-state index is 13.3. The normalized spacial score (nSPS) is 25.9. The van der Waals surface area contributed by atoms with Crippen molar-refractivity contribution in [2.45, 2.75) is 62.6 Å². The molecule has 2 aliphatic heterocycles. The zero-order valence-electron chi connectivity index (χ0n) is 20.2. The summed E-state index contributed by atoms with van der Waals surface area (Å²) in [5.74, 6) is 1.88. The minimum Gasteiger partial charge on any atom is -0.382 e. The van der Waals surface area contributed by atoms with Crippen LogP contribution in [-0.4, -0.2) is 72.1 Å². The number of amides is 2. The fourth-order valence-electron chi connectivity index (χ4n) is 7.32. The van der Waals surface area contributed by atoms with Gasteiger partial charge in [0.1, 0.15) is 17.1 Å². The SMILES string of the molecule is Cn1ncc(CC2CC3(C2)CN(C(=O)N2CC4(CC(c5nc(C6(O)CC6)n[nH]5)C4)C2)C3)c1C(F)(F)F. The summed E-state index contributed by atoms with van der Waals surface area (Å²) in [5.41, 5.74) is -0.945. The van der Waals surface area contributed by atoms with Crippen LogP contribution in [0.5, 0.6) is 0 Å². The molecule has 36 heavy (non-hydrogen) atoms. The van der Waals surface area contributed by atoms with Crippen molar-refractivity contribution in [3.8, 4) is 0 Å². The topological polar surface area (TPSA) is 103 Å². The van der Waals surface area contributed by atoms with Gasteiger partial charge in [0.25, 0.3) is 0 Å². The molecule has 12 heteroatoms. The number of likely N-dealkylation sites (tertiary alicyclic amines) is 2. The maximum atomic E-state index is 13.3. The van der Waals surface area contributed by atoms with Crippen molar-refractivity contribution < 1.29 is 23.1 Å². The number of halogens is 3. The third kappa shape index (κ3) is 3.39. The second-order valence-corrected chi connectivity index (χ2v) is 12.3. The van der Waals surface area contributed by atoms with Crippen LogP contribution in [0.25, 0.3) is 0 Å². The van der Waals surface area contributed by atoms with Gasteiger partial charge in [-0.3, -0.25) is 9.78 Å². The molecule has 2 saturated heterocycles. The molecular formula is C24H30F3N7O2. The number of urea groups is 1. The van der Waals surface area contributed by atoms with Gasteiger partial charge in [-0.2, -0.15) is 23.4 Å². The van der Waals surface area contributed by atoms with E-state index in [1.807, 2.05) is 9.80 Å². The van der Waals surface area contributed by atoms with Gasteiger partial charge >= 0.3 is 12.2 Å². The molecule has 0 atom stereocenters. The highest BCUT2D eigenvalue weighted by Crippen LogP contribution is 2.57. The third-order valence-corrected chi connectivity index (χ3v) is 9.27. The van der Waals surface area contributed by atoms with Gasteiger partial charge in [0, 0.05) is 55.5 Å². The Bertz CT molecular complexity index is 1200. The molecule has 194 valence electrons. The highest BCUT2D eigenvalue weighted by Gasteiger charge is 2.59. The van der Waals surface area contributed by atoms with Crippen molar-refractivity contribution in [3.63, 3.8) is 0 Å². The number of carbonyl (C=O) groups is 1. The average molecular weight is 506 g/mol. The van der Waals surface area contributed by atoms with Crippen molar-refractivity contribution in [1.82, 2.24) is 34.8 Å². The first-order valence-electron chi connectivity index (χ1n) is 12.7. The molecule has 3 aliphatic carbocycles. The number of hydrogen-bond donors (Lipinski definition) is 2. The average Bonchev–Trinajstić information content (AvgIpc) is 3.09. The van der Waals surface area contributed by atoms with E-state index in [0.29, 0.717) is 31.3 Å². The molecule has 4 heterocycles. The minimum absolute atomic E-state index is 0.0840. The summed E-state index contributed by atoms with van der Waals surface area (Å²) in [6.07, 6.45) is 2.45. The number of aromatic nitrogens is 5. The summed E-state index contributed by atoms with van der Waals surface area (Å²) in [6.45, 7) is 2.94. The lowest BCUT2D eigenvalue weighted by molar-refractivity contribution is -0.144. The van der Waals surface area contributed by atoms with E-state index in [9.17, 15) is 23.1 Å². The fraction of sp³-hybridized carbons (Fsp3) is 0.750. The first-order chi connectivity index (χ1) is 17.0. The number of aryl methyl sites for hydroxylation is 1. The Labute approximate surface area is 206 Å². The number of aliphatic hydroxyl groups is 1. The van der Waals surface area contributed by atoms with E-state index in [-0.39, 0.29) is 28.3 Å². The van der Waals surface area contributed by atoms with Gasteiger partial charge in [0.05, 0.1) is 6.20 Å². The number of H-pyrrole nitrogens is 1. The lowest BCUT2D eigenvalue weighted by Gasteiger charge is -2.63. The molecule has 2 aromatic heterocycles. The molecule has 0 unspecified atom stereocenters. The second-order valence-electron chi connectivity index (χ2n) is 12.3. The van der Waals surface area contributed by atoms with Crippen LogP contribution < -0.4 is 0 Å². The largest absolute Gasteiger partial charge is 0.433 e. The summed E-state index contributed by atoms with van der Waals surface area (Å²) in [4.78, 5) is 21.2. The third-order valence-electron chi connectivity index (χ3n) is 9.27. The molecule has 2 aromatic rings. The van der Waals surface area contributed by atoms with Gasteiger partial charge in [-0.15, -0.1) is 0 Å². The summed E-state index contributed by atoms with van der Waals surface area (Å²) >= 11 is 0. The second kappa shape index (κ2) is 7.02. The van der Waals surface area contributed by atoms with Crippen molar-refractivity contribution in [2.75, 3.05) is 26.2 Å². The van der Waals surface area contributed by atoms with Crippen LogP contribution in [0.1, 0.15) is 67.3 Å². The van der Waals surface area contributed by atoms with Gasteiger partial charge < -0.3 is 14.9 Å². The number of hydrogen-bond acceptors (Lipinski definition) is 5. The van der Waals surface area contributed by atoms with E-state index in [1.54, 1.807) is 0 Å². The summed E-state index contributed by atoms with van der Waals surface area (Å²) in [5, 5.41) is 21.2. The van der Waals surface area contributed by atoms with Crippen LogP contribution in [0.4, 0.5) is 18.0 Å². The highest BCUT2D eigenvalue weighted by molar-refractivity contribution is 5.77. The number of carbonyl (C=O) groups excluding carboxylic acids is 1. The van der Waals surface area contributed by atoms with E-state index < -0.39 is 17.5 Å². The summed E-state index contributed by atoms with van der Waals surface area (Å²) < 4.78 is 40.8. The molecule has 3 saturated carbocycles. The minimum atomic E-state index is -4.40. The molecule has 0 radical (unpaired) electrons. The summed E-state index contributed by atoms with van der Waals surface area (Å²) in [7, 11) is 1.33. The van der Waals surface area contributed by atoms with Crippen LogP contribution in [0.2, 0.25) is 0 Å². The number of alkyl halides is 3. The first-order valence-corrected chi connectivity index (χ1v) is 12.7. The van der Waals surface area contributed by atoms with Gasteiger partial charge in [0.2, 0.25) is 0 Å². The zero-order chi connectivity index (χ0) is 25.1. The number of aromatic amines is 1. The highest BCUT2D eigenvalue weighted by atomic mass is 19.4. The van der Waals surface area contributed by atoms with E-state index >= 15 is 0 Å². The van der Waals surface area contributed by atoms with Crippen LogP contribution in [0.3, 0.4) is 0 Å². The number of nitrogens with one attached hydrogen (secondary N) is 1. The molecule has 9 nitrogen and oxygen atoms in total. The maximum Gasteiger partial charge on any atom is 0.433 e. The van der Waals surface area contributed by atoms with Crippen LogP contribution >= 0.6 is 0 Å². The van der Waals surface area contributed by atoms with Gasteiger partial charge in [-0.05, 0) is 50.9 Å². The van der Waals surface area contributed by atoms with Crippen molar-refractivity contribution in [1.29, 1.82) is 0 Å². The Morgan fingerprint density at radius 1 is 1.11 bits per heavy atom. The molecule has 2 amide bonds. The molecule has 7 rings (SSSR count). The molecule has 0 bridgehead atoms. The van der Waals surface area contributed by atoms with E-state index in [4.69, 9.17) is 0 Å². The molecule has 2 spiro atoms. The van der Waals surface area contributed by atoms with Crippen molar-refractivity contribution in [2.24, 2.45) is 23.8 Å². The Balaban J connectivity index is 0.862. The number of rotatable bonds is 4. The smallest absolute Gasteiger partial charge is 0.382 e. The standard InChI is InChI=1S/C24H30F3N7O2/c1-32-17(24(25,26)27)15(9-28-32)4-14-5-21(6-14)10-33(11-21)20(35)34-12-22(13-34)7-16(8-22)18-29-19(31-30-18)23(36)2-3-23/h9,14,16,36H,2-8,10-13H2,1H3,(H,29,30,31). The lowest BCUT2D eigenvalue weighted by atomic mass is 9.56. The fourth-order valence-corrected chi connectivity index (χ4v) is 7.32. The Hall–Kier alpha value is -2.63. The van der Waals surface area contributed by atoms with Gasteiger partial charge in [-0.1, -0.05) is 0 Å². The Morgan fingerprint density at radius 2 is 1.72 bits per heavy atom. The molecule has 2 N–H and O–H groups in total.